The zero-order chi connectivity index (χ0) is 13.9. The van der Waals surface area contributed by atoms with Gasteiger partial charge in [-0.05, 0) is 29.8 Å². The molecule has 3 aromatic rings. The molecule has 4 heteroatoms. The topological polar surface area (TPSA) is 27.1 Å². The Bertz CT molecular complexity index is 719. The van der Waals surface area contributed by atoms with Crippen molar-refractivity contribution in [2.45, 2.75) is 0 Å². The van der Waals surface area contributed by atoms with Crippen LogP contribution in [0, 0.1) is 5.82 Å². The maximum atomic E-state index is 12.9. The molecule has 0 amide bonds. The fourth-order valence-electron chi connectivity index (χ4n) is 2.01. The standard InChI is InChI=1S/C16H13FN2O/c1-20-16-4-2-3-15(9-16)19-11-13(10-18-19)12-5-7-14(17)8-6-12/h2-11H,1H3. The highest BCUT2D eigenvalue weighted by Gasteiger charge is 2.04. The Morgan fingerprint density at radius 2 is 1.85 bits per heavy atom. The molecule has 1 aromatic heterocycles. The van der Waals surface area contributed by atoms with Crippen LogP contribution in [0.25, 0.3) is 16.8 Å². The highest BCUT2D eigenvalue weighted by molar-refractivity contribution is 5.62. The molecule has 0 saturated heterocycles. The van der Waals surface area contributed by atoms with Gasteiger partial charge in [-0.1, -0.05) is 18.2 Å². The van der Waals surface area contributed by atoms with Crippen molar-refractivity contribution in [1.82, 2.24) is 9.78 Å². The molecule has 1 heterocycles. The van der Waals surface area contributed by atoms with E-state index in [1.165, 1.54) is 12.1 Å². The quantitative estimate of drug-likeness (QED) is 0.724. The molecule has 0 aliphatic carbocycles. The van der Waals surface area contributed by atoms with Crippen LogP contribution < -0.4 is 4.74 Å². The summed E-state index contributed by atoms with van der Waals surface area (Å²) in [6.07, 6.45) is 3.66. The first-order valence-electron chi connectivity index (χ1n) is 6.21. The molecule has 0 N–H and O–H groups in total. The predicted octanol–water partition coefficient (Wildman–Crippen LogP) is 3.69. The van der Waals surface area contributed by atoms with Crippen LogP contribution in [-0.4, -0.2) is 16.9 Å². The summed E-state index contributed by atoms with van der Waals surface area (Å²) in [4.78, 5) is 0. The Hall–Kier alpha value is -2.62. The van der Waals surface area contributed by atoms with Gasteiger partial charge in [0.2, 0.25) is 0 Å². The molecule has 0 radical (unpaired) electrons. The number of nitrogens with zero attached hydrogens (tertiary/aromatic N) is 2. The second kappa shape index (κ2) is 5.17. The molecule has 0 atom stereocenters. The van der Waals surface area contributed by atoms with Crippen molar-refractivity contribution in [2.75, 3.05) is 7.11 Å². The van der Waals surface area contributed by atoms with E-state index in [1.54, 1.807) is 30.1 Å². The summed E-state index contributed by atoms with van der Waals surface area (Å²) in [5.74, 6) is 0.537. The van der Waals surface area contributed by atoms with Gasteiger partial charge in [0.05, 0.1) is 19.0 Å². The van der Waals surface area contributed by atoms with Crippen LogP contribution in [-0.2, 0) is 0 Å². The second-order valence-electron chi connectivity index (χ2n) is 4.38. The van der Waals surface area contributed by atoms with E-state index in [0.29, 0.717) is 0 Å². The minimum atomic E-state index is -0.242. The maximum absolute atomic E-state index is 12.9. The van der Waals surface area contributed by atoms with Crippen molar-refractivity contribution in [3.8, 4) is 22.6 Å². The molecule has 0 fully saturated rings. The Labute approximate surface area is 116 Å². The predicted molar refractivity (Wildman–Crippen MR) is 75.5 cm³/mol. The first-order valence-corrected chi connectivity index (χ1v) is 6.21. The minimum Gasteiger partial charge on any atom is -0.497 e. The van der Waals surface area contributed by atoms with Gasteiger partial charge in [-0.3, -0.25) is 0 Å². The minimum absolute atomic E-state index is 0.242. The Morgan fingerprint density at radius 3 is 2.60 bits per heavy atom. The van der Waals surface area contributed by atoms with Gasteiger partial charge in [0.1, 0.15) is 11.6 Å². The van der Waals surface area contributed by atoms with E-state index in [1.807, 2.05) is 30.5 Å². The van der Waals surface area contributed by atoms with Gasteiger partial charge >= 0.3 is 0 Å². The molecule has 3 nitrogen and oxygen atoms in total. The number of methoxy groups -OCH3 is 1. The van der Waals surface area contributed by atoms with Crippen molar-refractivity contribution < 1.29 is 9.13 Å². The van der Waals surface area contributed by atoms with Crippen molar-refractivity contribution in [3.05, 3.63) is 66.7 Å². The average Bonchev–Trinajstić information content (AvgIpc) is 2.98. The summed E-state index contributed by atoms with van der Waals surface area (Å²) in [6.45, 7) is 0. The molecule has 0 saturated carbocycles. The van der Waals surface area contributed by atoms with E-state index in [4.69, 9.17) is 4.74 Å². The van der Waals surface area contributed by atoms with Gasteiger partial charge in [-0.15, -0.1) is 0 Å². The van der Waals surface area contributed by atoms with E-state index < -0.39 is 0 Å². The number of aromatic nitrogens is 2. The van der Waals surface area contributed by atoms with Gasteiger partial charge in [0, 0.05) is 17.8 Å². The van der Waals surface area contributed by atoms with E-state index in [0.717, 1.165) is 22.6 Å². The van der Waals surface area contributed by atoms with Gasteiger partial charge in [-0.2, -0.15) is 5.10 Å². The summed E-state index contributed by atoms with van der Waals surface area (Å²) in [6, 6.07) is 14.0. The Kier molecular flexibility index (Phi) is 3.21. The summed E-state index contributed by atoms with van der Waals surface area (Å²) in [5, 5.41) is 4.33. The van der Waals surface area contributed by atoms with Gasteiger partial charge in [-0.25, -0.2) is 9.07 Å². The molecular formula is C16H13FN2O. The molecule has 0 aliphatic heterocycles. The van der Waals surface area contributed by atoms with Crippen LogP contribution in [0.4, 0.5) is 4.39 Å². The first-order chi connectivity index (χ1) is 9.76. The third-order valence-corrected chi connectivity index (χ3v) is 3.08. The van der Waals surface area contributed by atoms with Crippen LogP contribution in [0.15, 0.2) is 60.9 Å². The van der Waals surface area contributed by atoms with E-state index in [2.05, 4.69) is 5.10 Å². The number of benzene rings is 2. The summed E-state index contributed by atoms with van der Waals surface area (Å²) in [7, 11) is 1.63. The SMILES string of the molecule is COc1cccc(-n2cc(-c3ccc(F)cc3)cn2)c1. The molecule has 100 valence electrons. The lowest BCUT2D eigenvalue weighted by Crippen LogP contribution is -1.94. The maximum Gasteiger partial charge on any atom is 0.123 e. The van der Waals surface area contributed by atoms with E-state index in [9.17, 15) is 4.39 Å². The smallest absolute Gasteiger partial charge is 0.123 e. The Morgan fingerprint density at radius 1 is 1.05 bits per heavy atom. The fraction of sp³-hybridized carbons (Fsp3) is 0.0625. The summed E-state index contributed by atoms with van der Waals surface area (Å²) < 4.78 is 19.9. The van der Waals surface area contributed by atoms with Crippen molar-refractivity contribution in [1.29, 1.82) is 0 Å². The van der Waals surface area contributed by atoms with Crippen LogP contribution in [0.3, 0.4) is 0 Å². The average molecular weight is 268 g/mol. The lowest BCUT2D eigenvalue weighted by Gasteiger charge is -2.04. The summed E-state index contributed by atoms with van der Waals surface area (Å²) in [5.41, 5.74) is 2.78. The fourth-order valence-corrected chi connectivity index (χ4v) is 2.01. The van der Waals surface area contributed by atoms with E-state index in [-0.39, 0.29) is 5.82 Å². The third kappa shape index (κ3) is 2.40. The van der Waals surface area contributed by atoms with Crippen molar-refractivity contribution in [2.24, 2.45) is 0 Å². The third-order valence-electron chi connectivity index (χ3n) is 3.08. The number of hydrogen-bond acceptors (Lipinski definition) is 2. The van der Waals surface area contributed by atoms with Crippen molar-refractivity contribution >= 4 is 0 Å². The first kappa shape index (κ1) is 12.4. The number of hydrogen-bond donors (Lipinski definition) is 0. The van der Waals surface area contributed by atoms with Crippen LogP contribution in [0.2, 0.25) is 0 Å². The summed E-state index contributed by atoms with van der Waals surface area (Å²) >= 11 is 0. The molecule has 0 unspecified atom stereocenters. The van der Waals surface area contributed by atoms with Crippen LogP contribution in [0.5, 0.6) is 5.75 Å². The van der Waals surface area contributed by atoms with Gasteiger partial charge in [0.25, 0.3) is 0 Å². The lowest BCUT2D eigenvalue weighted by atomic mass is 10.1. The molecule has 20 heavy (non-hydrogen) atoms. The number of ether oxygens (including phenoxy) is 1. The molecule has 0 spiro atoms. The van der Waals surface area contributed by atoms with Gasteiger partial charge < -0.3 is 4.74 Å². The molecular weight excluding hydrogens is 255 g/mol. The van der Waals surface area contributed by atoms with Crippen LogP contribution in [0.1, 0.15) is 0 Å². The van der Waals surface area contributed by atoms with Gasteiger partial charge in [0.15, 0.2) is 0 Å². The highest BCUT2D eigenvalue weighted by atomic mass is 19.1. The monoisotopic (exact) mass is 268 g/mol. The zero-order valence-corrected chi connectivity index (χ0v) is 11.0. The zero-order valence-electron chi connectivity index (χ0n) is 11.0. The van der Waals surface area contributed by atoms with Crippen molar-refractivity contribution in [3.63, 3.8) is 0 Å². The van der Waals surface area contributed by atoms with Crippen LogP contribution >= 0.6 is 0 Å². The second-order valence-corrected chi connectivity index (χ2v) is 4.38. The molecule has 3 rings (SSSR count). The van der Waals surface area contributed by atoms with E-state index >= 15 is 0 Å². The molecule has 2 aromatic carbocycles. The highest BCUT2D eigenvalue weighted by Crippen LogP contribution is 2.22. The molecule has 0 aliphatic rings. The lowest BCUT2D eigenvalue weighted by molar-refractivity contribution is 0.414. The number of rotatable bonds is 3. The normalized spacial score (nSPS) is 10.5. The molecule has 0 bridgehead atoms. The Balaban J connectivity index is 1.95. The largest absolute Gasteiger partial charge is 0.497 e. The number of halogens is 1.